The lowest BCUT2D eigenvalue weighted by Gasteiger charge is -2.16. The smallest absolute Gasteiger partial charge is 0.134 e. The number of aromatic nitrogens is 2. The first-order valence-electron chi connectivity index (χ1n) is 5.82. The number of rotatable bonds is 5. The van der Waals surface area contributed by atoms with E-state index in [1.165, 1.54) is 12.8 Å². The number of nitrogens with one attached hydrogen (secondary N) is 1. The molecule has 2 rings (SSSR count). The molecule has 16 heavy (non-hydrogen) atoms. The predicted molar refractivity (Wildman–Crippen MR) is 63.7 cm³/mol. The van der Waals surface area contributed by atoms with Crippen molar-refractivity contribution < 1.29 is 5.11 Å². The normalized spacial score (nSPS) is 15.4. The lowest BCUT2D eigenvalue weighted by Crippen LogP contribution is -2.19. The maximum absolute atomic E-state index is 8.69. The highest BCUT2D eigenvalue weighted by atomic mass is 16.3. The summed E-state index contributed by atoms with van der Waals surface area (Å²) >= 11 is 0. The molecule has 2 heterocycles. The van der Waals surface area contributed by atoms with Crippen LogP contribution in [0.5, 0.6) is 0 Å². The fourth-order valence-electron chi connectivity index (χ4n) is 1.86. The second-order valence-electron chi connectivity index (χ2n) is 3.96. The minimum absolute atomic E-state index is 0.205. The Morgan fingerprint density at radius 2 is 2.12 bits per heavy atom. The summed E-state index contributed by atoms with van der Waals surface area (Å²) in [4.78, 5) is 10.7. The van der Waals surface area contributed by atoms with Crippen molar-refractivity contribution in [1.82, 2.24) is 9.97 Å². The van der Waals surface area contributed by atoms with Gasteiger partial charge >= 0.3 is 0 Å². The number of anilines is 2. The molecule has 0 saturated carbocycles. The van der Waals surface area contributed by atoms with E-state index >= 15 is 0 Å². The fraction of sp³-hybridized carbons (Fsp3) is 0.636. The summed E-state index contributed by atoms with van der Waals surface area (Å²) in [5.74, 6) is 1.84. The standard InChI is InChI=1S/C11H18N4O/c16-7-3-4-12-10-8-11(14-9-13-10)15-5-1-2-6-15/h8-9,16H,1-7H2,(H,12,13,14). The monoisotopic (exact) mass is 222 g/mol. The van der Waals surface area contributed by atoms with E-state index in [-0.39, 0.29) is 6.61 Å². The molecule has 0 radical (unpaired) electrons. The van der Waals surface area contributed by atoms with Crippen LogP contribution in [0.3, 0.4) is 0 Å². The number of aliphatic hydroxyl groups is 1. The summed E-state index contributed by atoms with van der Waals surface area (Å²) in [6, 6.07) is 1.97. The maximum Gasteiger partial charge on any atom is 0.134 e. The van der Waals surface area contributed by atoms with Gasteiger partial charge in [-0.3, -0.25) is 0 Å². The minimum Gasteiger partial charge on any atom is -0.396 e. The molecule has 5 heteroatoms. The molecule has 1 aliphatic heterocycles. The number of nitrogens with zero attached hydrogens (tertiary/aromatic N) is 3. The van der Waals surface area contributed by atoms with Crippen LogP contribution >= 0.6 is 0 Å². The van der Waals surface area contributed by atoms with Crippen molar-refractivity contribution in [2.75, 3.05) is 36.5 Å². The van der Waals surface area contributed by atoms with Crippen LogP contribution in [-0.4, -0.2) is 41.3 Å². The second-order valence-corrected chi connectivity index (χ2v) is 3.96. The van der Waals surface area contributed by atoms with Gasteiger partial charge in [0, 0.05) is 32.3 Å². The SMILES string of the molecule is OCCCNc1cc(N2CCCC2)ncn1. The fourth-order valence-corrected chi connectivity index (χ4v) is 1.86. The van der Waals surface area contributed by atoms with Gasteiger partial charge in [-0.25, -0.2) is 9.97 Å². The highest BCUT2D eigenvalue weighted by Gasteiger charge is 2.13. The molecular weight excluding hydrogens is 204 g/mol. The third-order valence-electron chi connectivity index (χ3n) is 2.72. The first-order valence-corrected chi connectivity index (χ1v) is 5.82. The van der Waals surface area contributed by atoms with Gasteiger partial charge in [0.2, 0.25) is 0 Å². The molecule has 2 N–H and O–H groups in total. The van der Waals surface area contributed by atoms with Crippen LogP contribution in [0.15, 0.2) is 12.4 Å². The Kier molecular flexibility index (Phi) is 3.93. The average Bonchev–Trinajstić information content (AvgIpc) is 2.83. The quantitative estimate of drug-likeness (QED) is 0.724. The molecule has 0 atom stereocenters. The van der Waals surface area contributed by atoms with Crippen LogP contribution in [0.25, 0.3) is 0 Å². The Bertz CT molecular complexity index is 326. The van der Waals surface area contributed by atoms with E-state index in [1.54, 1.807) is 6.33 Å². The Labute approximate surface area is 95.5 Å². The molecule has 0 unspecified atom stereocenters. The van der Waals surface area contributed by atoms with Gasteiger partial charge < -0.3 is 15.3 Å². The molecule has 1 fully saturated rings. The van der Waals surface area contributed by atoms with Crippen LogP contribution < -0.4 is 10.2 Å². The summed E-state index contributed by atoms with van der Waals surface area (Å²) in [5.41, 5.74) is 0. The van der Waals surface area contributed by atoms with Crippen LogP contribution in [0, 0.1) is 0 Å². The Balaban J connectivity index is 1.95. The molecule has 1 aromatic rings. The van der Waals surface area contributed by atoms with Crippen LogP contribution in [0.4, 0.5) is 11.6 Å². The highest BCUT2D eigenvalue weighted by molar-refractivity contribution is 5.48. The van der Waals surface area contributed by atoms with Gasteiger partial charge in [0.1, 0.15) is 18.0 Å². The first kappa shape index (κ1) is 11.1. The molecular formula is C11H18N4O. The van der Waals surface area contributed by atoms with Crippen LogP contribution in [0.1, 0.15) is 19.3 Å². The van der Waals surface area contributed by atoms with E-state index < -0.39 is 0 Å². The zero-order chi connectivity index (χ0) is 11.2. The first-order chi connectivity index (χ1) is 7.90. The van der Waals surface area contributed by atoms with E-state index in [1.807, 2.05) is 6.07 Å². The molecule has 1 aromatic heterocycles. The van der Waals surface area contributed by atoms with Crippen molar-refractivity contribution >= 4 is 11.6 Å². The molecule has 0 bridgehead atoms. The molecule has 0 aromatic carbocycles. The summed E-state index contributed by atoms with van der Waals surface area (Å²) in [6.07, 6.45) is 4.83. The van der Waals surface area contributed by atoms with Crippen LogP contribution in [-0.2, 0) is 0 Å². The van der Waals surface area contributed by atoms with Gasteiger partial charge in [-0.15, -0.1) is 0 Å². The van der Waals surface area contributed by atoms with E-state index in [4.69, 9.17) is 5.11 Å². The van der Waals surface area contributed by atoms with E-state index in [0.717, 1.165) is 37.7 Å². The Hall–Kier alpha value is -1.36. The van der Waals surface area contributed by atoms with Gasteiger partial charge in [0.15, 0.2) is 0 Å². The third kappa shape index (κ3) is 2.82. The lowest BCUT2D eigenvalue weighted by molar-refractivity contribution is 0.292. The van der Waals surface area contributed by atoms with Crippen LogP contribution in [0.2, 0.25) is 0 Å². The summed E-state index contributed by atoms with van der Waals surface area (Å²) in [5, 5.41) is 11.9. The topological polar surface area (TPSA) is 61.3 Å². The molecule has 5 nitrogen and oxygen atoms in total. The van der Waals surface area contributed by atoms with Crippen molar-refractivity contribution in [2.24, 2.45) is 0 Å². The Morgan fingerprint density at radius 1 is 1.31 bits per heavy atom. The average molecular weight is 222 g/mol. The van der Waals surface area contributed by atoms with Gasteiger partial charge in [0.25, 0.3) is 0 Å². The zero-order valence-electron chi connectivity index (χ0n) is 9.39. The maximum atomic E-state index is 8.69. The predicted octanol–water partition coefficient (Wildman–Crippen LogP) is 0.871. The van der Waals surface area contributed by atoms with Gasteiger partial charge in [0.05, 0.1) is 0 Å². The number of hydrogen-bond donors (Lipinski definition) is 2. The second kappa shape index (κ2) is 5.65. The van der Waals surface area contributed by atoms with Crippen molar-refractivity contribution in [3.63, 3.8) is 0 Å². The number of hydrogen-bond acceptors (Lipinski definition) is 5. The summed E-state index contributed by atoms with van der Waals surface area (Å²) in [7, 11) is 0. The van der Waals surface area contributed by atoms with E-state index in [2.05, 4.69) is 20.2 Å². The molecule has 88 valence electrons. The summed E-state index contributed by atoms with van der Waals surface area (Å²) in [6.45, 7) is 3.13. The molecule has 0 aliphatic carbocycles. The summed E-state index contributed by atoms with van der Waals surface area (Å²) < 4.78 is 0. The largest absolute Gasteiger partial charge is 0.396 e. The third-order valence-corrected chi connectivity index (χ3v) is 2.72. The van der Waals surface area contributed by atoms with Gasteiger partial charge in [-0.2, -0.15) is 0 Å². The Morgan fingerprint density at radius 3 is 2.88 bits per heavy atom. The van der Waals surface area contributed by atoms with E-state index in [0.29, 0.717) is 0 Å². The van der Waals surface area contributed by atoms with Crippen molar-refractivity contribution in [1.29, 1.82) is 0 Å². The molecule has 1 aliphatic rings. The van der Waals surface area contributed by atoms with E-state index in [9.17, 15) is 0 Å². The lowest BCUT2D eigenvalue weighted by atomic mass is 10.4. The van der Waals surface area contributed by atoms with Crippen molar-refractivity contribution in [3.05, 3.63) is 12.4 Å². The number of aliphatic hydroxyl groups excluding tert-OH is 1. The molecule has 1 saturated heterocycles. The molecule has 0 spiro atoms. The van der Waals surface area contributed by atoms with Crippen molar-refractivity contribution in [3.8, 4) is 0 Å². The van der Waals surface area contributed by atoms with Crippen molar-refractivity contribution in [2.45, 2.75) is 19.3 Å². The highest BCUT2D eigenvalue weighted by Crippen LogP contribution is 2.18. The molecule has 0 amide bonds. The van der Waals surface area contributed by atoms with Gasteiger partial charge in [-0.05, 0) is 19.3 Å². The van der Waals surface area contributed by atoms with Gasteiger partial charge in [-0.1, -0.05) is 0 Å². The zero-order valence-corrected chi connectivity index (χ0v) is 9.39. The minimum atomic E-state index is 0.205.